The molecule has 1 atom stereocenters. The third kappa shape index (κ3) is 3.64. The summed E-state index contributed by atoms with van der Waals surface area (Å²) in [7, 11) is 0. The number of cyclic esters (lactones) is 1. The highest BCUT2D eigenvalue weighted by atomic mass is 35.5. The quantitative estimate of drug-likeness (QED) is 0.634. The monoisotopic (exact) mass is 378 g/mol. The maximum absolute atomic E-state index is 12.5. The number of benzene rings is 3. The van der Waals surface area contributed by atoms with Crippen LogP contribution in [0.25, 0.3) is 0 Å². The zero-order chi connectivity index (χ0) is 18.6. The molecule has 134 valence electrons. The number of para-hydroxylation sites is 2. The zero-order valence-electron chi connectivity index (χ0n) is 14.2. The molecule has 0 aliphatic carbocycles. The number of carbonyl (C=O) groups is 1. The summed E-state index contributed by atoms with van der Waals surface area (Å²) in [5, 5.41) is 6.16. The van der Waals surface area contributed by atoms with Crippen LogP contribution >= 0.6 is 11.6 Å². The summed E-state index contributed by atoms with van der Waals surface area (Å²) in [6, 6.07) is 25.5. The van der Waals surface area contributed by atoms with Crippen LogP contribution in [0.5, 0.6) is 5.75 Å². The van der Waals surface area contributed by atoms with Gasteiger partial charge in [0.15, 0.2) is 0 Å². The fourth-order valence-electron chi connectivity index (χ4n) is 2.66. The largest absolute Gasteiger partial charge is 0.447 e. The van der Waals surface area contributed by atoms with Gasteiger partial charge in [0, 0.05) is 5.56 Å². The van der Waals surface area contributed by atoms with Gasteiger partial charge in [0.25, 0.3) is 6.29 Å². The Morgan fingerprint density at radius 3 is 2.22 bits per heavy atom. The average Bonchev–Trinajstić information content (AvgIpc) is 2.71. The van der Waals surface area contributed by atoms with Crippen molar-refractivity contribution < 1.29 is 14.3 Å². The Morgan fingerprint density at radius 2 is 1.52 bits per heavy atom. The number of hydrogen-bond donors (Lipinski definition) is 0. The summed E-state index contributed by atoms with van der Waals surface area (Å²) in [6.45, 7) is 0. The topological polar surface area (TPSA) is 51.1 Å². The summed E-state index contributed by atoms with van der Waals surface area (Å²) in [4.78, 5) is 12.5. The molecule has 0 bridgehead atoms. The molecule has 0 saturated carbocycles. The molecule has 1 aliphatic heterocycles. The van der Waals surface area contributed by atoms with Crippen molar-refractivity contribution in [3.05, 3.63) is 95.5 Å². The van der Waals surface area contributed by atoms with Crippen molar-refractivity contribution in [3.8, 4) is 5.75 Å². The molecular formula is C21H15ClN2O3. The lowest BCUT2D eigenvalue weighted by molar-refractivity contribution is 0.0153. The molecule has 0 fully saturated rings. The zero-order valence-corrected chi connectivity index (χ0v) is 14.9. The standard InChI is InChI=1S/C21H15ClN2O3/c22-17-13-7-8-14-18(17)26-20-19(15-9-3-1-4-10-15)23-24(21(25)27-20)16-11-5-2-6-12-16/h1-14,20H. The summed E-state index contributed by atoms with van der Waals surface area (Å²) < 4.78 is 11.4. The third-order valence-corrected chi connectivity index (χ3v) is 4.27. The lowest BCUT2D eigenvalue weighted by Crippen LogP contribution is -2.44. The molecule has 6 heteroatoms. The van der Waals surface area contributed by atoms with E-state index >= 15 is 0 Å². The van der Waals surface area contributed by atoms with Crippen LogP contribution in [0.4, 0.5) is 10.5 Å². The first-order valence-electron chi connectivity index (χ1n) is 8.33. The van der Waals surface area contributed by atoms with Crippen LogP contribution in [-0.4, -0.2) is 18.1 Å². The minimum absolute atomic E-state index is 0.411. The van der Waals surface area contributed by atoms with Crippen molar-refractivity contribution in [2.24, 2.45) is 5.10 Å². The first-order chi connectivity index (χ1) is 13.2. The highest BCUT2D eigenvalue weighted by Crippen LogP contribution is 2.28. The molecular weight excluding hydrogens is 364 g/mol. The highest BCUT2D eigenvalue weighted by Gasteiger charge is 2.34. The Bertz CT molecular complexity index is 977. The van der Waals surface area contributed by atoms with Gasteiger partial charge in [0.2, 0.25) is 0 Å². The lowest BCUT2D eigenvalue weighted by Gasteiger charge is -2.29. The molecule has 0 aromatic heterocycles. The van der Waals surface area contributed by atoms with E-state index in [4.69, 9.17) is 21.1 Å². The van der Waals surface area contributed by atoms with Crippen molar-refractivity contribution in [2.45, 2.75) is 6.29 Å². The summed E-state index contributed by atoms with van der Waals surface area (Å²) in [6.07, 6.45) is -1.64. The normalized spacial score (nSPS) is 16.5. The van der Waals surface area contributed by atoms with Gasteiger partial charge in [-0.2, -0.15) is 10.1 Å². The fraction of sp³-hybridized carbons (Fsp3) is 0.0476. The molecule has 5 nitrogen and oxygen atoms in total. The van der Waals surface area contributed by atoms with Crippen LogP contribution in [-0.2, 0) is 4.74 Å². The number of hydrazone groups is 1. The molecule has 1 amide bonds. The van der Waals surface area contributed by atoms with Crippen molar-refractivity contribution in [1.29, 1.82) is 0 Å². The number of anilines is 1. The first kappa shape index (κ1) is 17.1. The van der Waals surface area contributed by atoms with Crippen molar-refractivity contribution in [1.82, 2.24) is 0 Å². The molecule has 3 aromatic carbocycles. The van der Waals surface area contributed by atoms with E-state index in [2.05, 4.69) is 5.10 Å². The van der Waals surface area contributed by atoms with Crippen molar-refractivity contribution >= 4 is 29.1 Å². The highest BCUT2D eigenvalue weighted by molar-refractivity contribution is 6.32. The predicted octanol–water partition coefficient (Wildman–Crippen LogP) is 5.11. The number of rotatable bonds is 4. The van der Waals surface area contributed by atoms with E-state index in [0.29, 0.717) is 22.2 Å². The van der Waals surface area contributed by atoms with Gasteiger partial charge in [0.1, 0.15) is 11.5 Å². The Morgan fingerprint density at radius 1 is 0.889 bits per heavy atom. The van der Waals surface area contributed by atoms with E-state index in [-0.39, 0.29) is 0 Å². The molecule has 27 heavy (non-hydrogen) atoms. The molecule has 0 N–H and O–H groups in total. The van der Waals surface area contributed by atoms with E-state index in [1.54, 1.807) is 36.4 Å². The Hall–Kier alpha value is -3.31. The van der Waals surface area contributed by atoms with Crippen LogP contribution in [0.1, 0.15) is 5.56 Å². The second kappa shape index (κ2) is 7.51. The van der Waals surface area contributed by atoms with E-state index in [9.17, 15) is 4.79 Å². The summed E-state index contributed by atoms with van der Waals surface area (Å²) in [5.41, 5.74) is 1.86. The van der Waals surface area contributed by atoms with Gasteiger partial charge >= 0.3 is 6.09 Å². The molecule has 0 radical (unpaired) electrons. The van der Waals surface area contributed by atoms with Gasteiger partial charge in [-0.3, -0.25) is 0 Å². The Kier molecular flexibility index (Phi) is 4.77. The second-order valence-electron chi connectivity index (χ2n) is 5.76. The maximum atomic E-state index is 12.5. The number of amides is 1. The van der Waals surface area contributed by atoms with Crippen molar-refractivity contribution in [3.63, 3.8) is 0 Å². The molecule has 0 spiro atoms. The molecule has 1 aliphatic rings. The number of ether oxygens (including phenoxy) is 2. The van der Waals surface area contributed by atoms with E-state index in [1.165, 1.54) is 5.01 Å². The van der Waals surface area contributed by atoms with Gasteiger partial charge in [-0.25, -0.2) is 4.79 Å². The van der Waals surface area contributed by atoms with Crippen LogP contribution in [0.15, 0.2) is 90.0 Å². The summed E-state index contributed by atoms with van der Waals surface area (Å²) in [5.74, 6) is 0.411. The minimum Gasteiger partial charge on any atom is -0.447 e. The second-order valence-corrected chi connectivity index (χ2v) is 6.17. The molecule has 0 saturated heterocycles. The number of carbonyl (C=O) groups excluding carboxylic acids is 1. The van der Waals surface area contributed by atoms with Gasteiger partial charge in [-0.15, -0.1) is 0 Å². The molecule has 3 aromatic rings. The number of halogens is 1. The molecule has 4 rings (SSSR count). The van der Waals surface area contributed by atoms with Crippen molar-refractivity contribution in [2.75, 3.05) is 5.01 Å². The molecule has 1 heterocycles. The summed E-state index contributed by atoms with van der Waals surface area (Å²) >= 11 is 6.18. The van der Waals surface area contributed by atoms with Gasteiger partial charge < -0.3 is 9.47 Å². The fourth-order valence-corrected chi connectivity index (χ4v) is 2.84. The van der Waals surface area contributed by atoms with Gasteiger partial charge in [-0.1, -0.05) is 72.3 Å². The van der Waals surface area contributed by atoms with Crippen LogP contribution in [0.3, 0.4) is 0 Å². The van der Waals surface area contributed by atoms with E-state index in [0.717, 1.165) is 5.56 Å². The van der Waals surface area contributed by atoms with E-state index < -0.39 is 12.4 Å². The minimum atomic E-state index is -1.01. The number of nitrogens with zero attached hydrogens (tertiary/aromatic N) is 2. The first-order valence-corrected chi connectivity index (χ1v) is 8.71. The van der Waals surface area contributed by atoms with E-state index in [1.807, 2.05) is 48.5 Å². The van der Waals surface area contributed by atoms with Gasteiger partial charge in [0.05, 0.1) is 10.7 Å². The van der Waals surface area contributed by atoms with Crippen LogP contribution < -0.4 is 9.75 Å². The Labute approximate surface area is 161 Å². The van der Waals surface area contributed by atoms with Gasteiger partial charge in [-0.05, 0) is 24.3 Å². The number of hydrogen-bond acceptors (Lipinski definition) is 4. The van der Waals surface area contributed by atoms with Crippen LogP contribution in [0.2, 0.25) is 5.02 Å². The lowest BCUT2D eigenvalue weighted by atomic mass is 10.1. The third-order valence-electron chi connectivity index (χ3n) is 3.95. The maximum Gasteiger partial charge on any atom is 0.438 e. The predicted molar refractivity (Wildman–Crippen MR) is 104 cm³/mol. The molecule has 1 unspecified atom stereocenters. The SMILES string of the molecule is O=C1OC(Oc2ccccc2Cl)C(c2ccccc2)=NN1c1ccccc1. The Balaban J connectivity index is 1.75. The smallest absolute Gasteiger partial charge is 0.438 e. The average molecular weight is 379 g/mol. The van der Waals surface area contributed by atoms with Crippen LogP contribution in [0, 0.1) is 0 Å².